The van der Waals surface area contributed by atoms with Crippen LogP contribution in [-0.2, 0) is 6.42 Å². The van der Waals surface area contributed by atoms with Crippen LogP contribution in [-0.4, -0.2) is 13.7 Å². The quantitative estimate of drug-likeness (QED) is 0.883. The Morgan fingerprint density at radius 2 is 2.35 bits per heavy atom. The Kier molecular flexibility index (Phi) is 2.56. The van der Waals surface area contributed by atoms with Gasteiger partial charge in [-0.25, -0.2) is 0 Å². The van der Waals surface area contributed by atoms with E-state index in [9.17, 15) is 0 Å². The number of nitrogens with two attached hydrogens (primary N) is 1. The zero-order chi connectivity index (χ0) is 11.8. The zero-order valence-corrected chi connectivity index (χ0v) is 10.0. The van der Waals surface area contributed by atoms with E-state index < -0.39 is 0 Å². The molecule has 1 aromatic heterocycles. The zero-order valence-electron chi connectivity index (χ0n) is 10.0. The van der Waals surface area contributed by atoms with Crippen LogP contribution in [0.25, 0.3) is 11.0 Å². The number of benzene rings is 1. The molecule has 17 heavy (non-hydrogen) atoms. The lowest BCUT2D eigenvalue weighted by Crippen LogP contribution is -2.12. The van der Waals surface area contributed by atoms with E-state index >= 15 is 0 Å². The highest BCUT2D eigenvalue weighted by molar-refractivity contribution is 5.88. The Labute approximate surface area is 101 Å². The van der Waals surface area contributed by atoms with Gasteiger partial charge >= 0.3 is 0 Å². The first-order valence-electron chi connectivity index (χ1n) is 6.12. The molecule has 1 heterocycles. The molecule has 0 spiro atoms. The van der Waals surface area contributed by atoms with Crippen LogP contribution < -0.4 is 10.5 Å². The van der Waals surface area contributed by atoms with Crippen molar-refractivity contribution in [1.29, 1.82) is 0 Å². The summed E-state index contributed by atoms with van der Waals surface area (Å²) in [5, 5.41) is 1.26. The number of hydrogen-bond acceptors (Lipinski definition) is 3. The van der Waals surface area contributed by atoms with Gasteiger partial charge in [-0.3, -0.25) is 0 Å². The van der Waals surface area contributed by atoms with Gasteiger partial charge < -0.3 is 14.9 Å². The third-order valence-corrected chi connectivity index (χ3v) is 3.75. The number of furan rings is 1. The number of ether oxygens (including phenoxy) is 1. The minimum Gasteiger partial charge on any atom is -0.496 e. The molecular formula is C14H17NO2. The van der Waals surface area contributed by atoms with Gasteiger partial charge in [0.2, 0.25) is 0 Å². The highest BCUT2D eigenvalue weighted by Gasteiger charge is 2.25. The molecule has 0 bridgehead atoms. The first-order valence-corrected chi connectivity index (χ1v) is 6.12. The smallest absolute Gasteiger partial charge is 0.134 e. The highest BCUT2D eigenvalue weighted by atomic mass is 16.5. The fraction of sp³-hybridized carbons (Fsp3) is 0.429. The minimum atomic E-state index is 0.542. The van der Waals surface area contributed by atoms with E-state index in [-0.39, 0.29) is 0 Å². The molecule has 3 heteroatoms. The van der Waals surface area contributed by atoms with Crippen molar-refractivity contribution in [2.75, 3.05) is 13.7 Å². The Bertz CT molecular complexity index is 544. The molecule has 1 aromatic carbocycles. The topological polar surface area (TPSA) is 48.4 Å². The lowest BCUT2D eigenvalue weighted by Gasteiger charge is -2.22. The van der Waals surface area contributed by atoms with Crippen molar-refractivity contribution < 1.29 is 9.15 Å². The molecule has 0 aliphatic heterocycles. The predicted octanol–water partition coefficient (Wildman–Crippen LogP) is 2.82. The average molecular weight is 231 g/mol. The molecule has 0 amide bonds. The minimum absolute atomic E-state index is 0.542. The molecule has 3 nitrogen and oxygen atoms in total. The monoisotopic (exact) mass is 231 g/mol. The van der Waals surface area contributed by atoms with E-state index in [1.165, 1.54) is 16.5 Å². The van der Waals surface area contributed by atoms with E-state index in [0.717, 1.165) is 37.1 Å². The van der Waals surface area contributed by atoms with E-state index in [4.69, 9.17) is 14.9 Å². The average Bonchev–Trinajstić information content (AvgIpc) is 2.79. The van der Waals surface area contributed by atoms with Crippen LogP contribution in [0.15, 0.2) is 22.8 Å². The Morgan fingerprint density at radius 3 is 3.12 bits per heavy atom. The second kappa shape index (κ2) is 4.08. The SMILES string of the molecule is COc1ccc2occ3c2c1CCC3CCN. The van der Waals surface area contributed by atoms with Gasteiger partial charge in [-0.05, 0) is 43.9 Å². The third-order valence-electron chi connectivity index (χ3n) is 3.75. The van der Waals surface area contributed by atoms with Crippen LogP contribution >= 0.6 is 0 Å². The summed E-state index contributed by atoms with van der Waals surface area (Å²) in [5.41, 5.74) is 9.25. The van der Waals surface area contributed by atoms with Crippen LogP contribution in [0.2, 0.25) is 0 Å². The van der Waals surface area contributed by atoms with Gasteiger partial charge in [0.25, 0.3) is 0 Å². The summed E-state index contributed by atoms with van der Waals surface area (Å²) >= 11 is 0. The van der Waals surface area contributed by atoms with Gasteiger partial charge in [0.15, 0.2) is 0 Å². The van der Waals surface area contributed by atoms with E-state index in [1.54, 1.807) is 7.11 Å². The predicted molar refractivity (Wildman–Crippen MR) is 67.5 cm³/mol. The fourth-order valence-corrected chi connectivity index (χ4v) is 2.92. The normalized spacial score (nSPS) is 18.6. The van der Waals surface area contributed by atoms with E-state index in [2.05, 4.69) is 0 Å². The molecule has 3 rings (SSSR count). The lowest BCUT2D eigenvalue weighted by atomic mass is 9.82. The van der Waals surface area contributed by atoms with Crippen molar-refractivity contribution in [3.05, 3.63) is 29.5 Å². The molecule has 0 saturated heterocycles. The lowest BCUT2D eigenvalue weighted by molar-refractivity contribution is 0.408. The van der Waals surface area contributed by atoms with E-state index in [0.29, 0.717) is 5.92 Å². The second-order valence-electron chi connectivity index (χ2n) is 4.62. The molecule has 1 atom stereocenters. The summed E-state index contributed by atoms with van der Waals surface area (Å²) < 4.78 is 11.1. The van der Waals surface area contributed by atoms with Crippen molar-refractivity contribution in [3.8, 4) is 5.75 Å². The molecule has 0 radical (unpaired) electrons. The maximum absolute atomic E-state index is 5.68. The first kappa shape index (κ1) is 10.7. The third kappa shape index (κ3) is 1.53. The van der Waals surface area contributed by atoms with Crippen molar-refractivity contribution in [2.24, 2.45) is 5.73 Å². The fourth-order valence-electron chi connectivity index (χ4n) is 2.92. The molecule has 0 fully saturated rings. The molecule has 1 aliphatic rings. The Hall–Kier alpha value is -1.48. The summed E-state index contributed by atoms with van der Waals surface area (Å²) in [7, 11) is 1.73. The summed E-state index contributed by atoms with van der Waals surface area (Å²) in [6.45, 7) is 0.733. The van der Waals surface area contributed by atoms with Gasteiger partial charge in [0, 0.05) is 16.5 Å². The molecule has 90 valence electrons. The summed E-state index contributed by atoms with van der Waals surface area (Å²) in [4.78, 5) is 0. The maximum Gasteiger partial charge on any atom is 0.134 e. The van der Waals surface area contributed by atoms with Crippen LogP contribution in [0, 0.1) is 0 Å². The van der Waals surface area contributed by atoms with Gasteiger partial charge in [-0.2, -0.15) is 0 Å². The van der Waals surface area contributed by atoms with Crippen LogP contribution in [0.4, 0.5) is 0 Å². The van der Waals surface area contributed by atoms with Crippen molar-refractivity contribution in [2.45, 2.75) is 25.2 Å². The number of rotatable bonds is 3. The number of methoxy groups -OCH3 is 1. The highest BCUT2D eigenvalue weighted by Crippen LogP contribution is 2.42. The van der Waals surface area contributed by atoms with Gasteiger partial charge in [0.05, 0.1) is 13.4 Å². The molecule has 2 N–H and O–H groups in total. The van der Waals surface area contributed by atoms with Crippen molar-refractivity contribution in [3.63, 3.8) is 0 Å². The molecule has 0 saturated carbocycles. The first-order chi connectivity index (χ1) is 8.35. The number of aryl methyl sites for hydroxylation is 1. The molecule has 1 aliphatic carbocycles. The van der Waals surface area contributed by atoms with Gasteiger partial charge in [0.1, 0.15) is 11.3 Å². The Morgan fingerprint density at radius 1 is 1.47 bits per heavy atom. The summed E-state index contributed by atoms with van der Waals surface area (Å²) in [6.07, 6.45) is 5.12. The van der Waals surface area contributed by atoms with E-state index in [1.807, 2.05) is 18.4 Å². The van der Waals surface area contributed by atoms with Crippen LogP contribution in [0.3, 0.4) is 0 Å². The summed E-state index contributed by atoms with van der Waals surface area (Å²) in [5.74, 6) is 1.52. The molecular weight excluding hydrogens is 214 g/mol. The Balaban J connectivity index is 2.20. The largest absolute Gasteiger partial charge is 0.496 e. The van der Waals surface area contributed by atoms with Crippen LogP contribution in [0.1, 0.15) is 29.9 Å². The van der Waals surface area contributed by atoms with Crippen LogP contribution in [0.5, 0.6) is 5.75 Å². The van der Waals surface area contributed by atoms with Crippen molar-refractivity contribution >= 4 is 11.0 Å². The number of hydrogen-bond donors (Lipinski definition) is 1. The molecule has 2 aromatic rings. The van der Waals surface area contributed by atoms with Gasteiger partial charge in [-0.15, -0.1) is 0 Å². The molecule has 1 unspecified atom stereocenters. The second-order valence-corrected chi connectivity index (χ2v) is 4.62. The maximum atomic E-state index is 5.68. The van der Waals surface area contributed by atoms with Gasteiger partial charge in [-0.1, -0.05) is 0 Å². The summed E-state index contributed by atoms with van der Waals surface area (Å²) in [6, 6.07) is 3.99. The van der Waals surface area contributed by atoms with Crippen molar-refractivity contribution in [1.82, 2.24) is 0 Å². The standard InChI is InChI=1S/C14H17NO2/c1-16-12-4-5-13-14-10(12)3-2-9(6-7-15)11(14)8-17-13/h4-5,8-9H,2-3,6-7,15H2,1H3.